The number of hydrogen-bond donors (Lipinski definition) is 1. The van der Waals surface area contributed by atoms with Crippen LogP contribution in [0.25, 0.3) is 11.4 Å². The summed E-state index contributed by atoms with van der Waals surface area (Å²) >= 11 is 1.41. The van der Waals surface area contributed by atoms with Gasteiger partial charge in [0.05, 0.1) is 5.25 Å². The number of fused-ring (bicyclic) bond motifs is 1. The summed E-state index contributed by atoms with van der Waals surface area (Å²) in [6.07, 6.45) is 5.71. The fourth-order valence-electron chi connectivity index (χ4n) is 3.14. The van der Waals surface area contributed by atoms with E-state index in [1.807, 2.05) is 19.1 Å². The number of anilines is 1. The number of nitrogens with zero attached hydrogens (tertiary/aromatic N) is 4. The van der Waals surface area contributed by atoms with E-state index in [1.54, 1.807) is 30.6 Å². The highest BCUT2D eigenvalue weighted by molar-refractivity contribution is 8.00. The first-order chi connectivity index (χ1) is 14.2. The van der Waals surface area contributed by atoms with Crippen LogP contribution in [-0.4, -0.2) is 37.7 Å². The van der Waals surface area contributed by atoms with Crippen LogP contribution < -0.4 is 14.8 Å². The van der Waals surface area contributed by atoms with Crippen molar-refractivity contribution in [2.45, 2.75) is 36.2 Å². The van der Waals surface area contributed by atoms with E-state index in [2.05, 4.69) is 25.1 Å². The van der Waals surface area contributed by atoms with E-state index < -0.39 is 0 Å². The van der Waals surface area contributed by atoms with Gasteiger partial charge in [0, 0.05) is 35.8 Å². The van der Waals surface area contributed by atoms with Gasteiger partial charge in [-0.25, -0.2) is 0 Å². The van der Waals surface area contributed by atoms with Gasteiger partial charge in [-0.2, -0.15) is 0 Å². The van der Waals surface area contributed by atoms with Crippen molar-refractivity contribution in [1.82, 2.24) is 19.7 Å². The summed E-state index contributed by atoms with van der Waals surface area (Å²) in [6.45, 7) is 2.07. The molecule has 5 rings (SSSR count). The number of thioether (sulfide) groups is 1. The smallest absolute Gasteiger partial charge is 0.237 e. The van der Waals surface area contributed by atoms with E-state index >= 15 is 0 Å². The molecule has 1 aliphatic carbocycles. The number of carbonyl (C=O) groups excluding carboxylic acids is 1. The van der Waals surface area contributed by atoms with Crippen LogP contribution in [0.15, 0.2) is 47.9 Å². The molecule has 1 atom stereocenters. The van der Waals surface area contributed by atoms with Crippen molar-refractivity contribution in [2.75, 3.05) is 12.1 Å². The number of pyridine rings is 1. The van der Waals surface area contributed by atoms with Gasteiger partial charge in [-0.15, -0.1) is 10.2 Å². The summed E-state index contributed by atoms with van der Waals surface area (Å²) in [6, 6.07) is 9.60. The molecule has 0 bridgehead atoms. The van der Waals surface area contributed by atoms with Crippen LogP contribution in [0.4, 0.5) is 5.69 Å². The second kappa shape index (κ2) is 7.40. The Kier molecular flexibility index (Phi) is 4.59. The zero-order chi connectivity index (χ0) is 19.8. The highest BCUT2D eigenvalue weighted by atomic mass is 32.2. The molecule has 1 aromatic carbocycles. The Morgan fingerprint density at radius 1 is 1.24 bits per heavy atom. The van der Waals surface area contributed by atoms with E-state index in [9.17, 15) is 4.79 Å². The van der Waals surface area contributed by atoms with Crippen LogP contribution in [-0.2, 0) is 4.79 Å². The minimum absolute atomic E-state index is 0.109. The molecule has 2 aromatic heterocycles. The molecule has 1 fully saturated rings. The largest absolute Gasteiger partial charge is 0.454 e. The van der Waals surface area contributed by atoms with E-state index in [-0.39, 0.29) is 18.0 Å². The first kappa shape index (κ1) is 18.0. The van der Waals surface area contributed by atoms with Crippen LogP contribution in [0.2, 0.25) is 0 Å². The van der Waals surface area contributed by atoms with Gasteiger partial charge < -0.3 is 14.8 Å². The van der Waals surface area contributed by atoms with Crippen LogP contribution in [0, 0.1) is 0 Å². The molecule has 1 aliphatic heterocycles. The van der Waals surface area contributed by atoms with Gasteiger partial charge in [0.2, 0.25) is 12.7 Å². The zero-order valence-corrected chi connectivity index (χ0v) is 16.6. The van der Waals surface area contributed by atoms with Gasteiger partial charge >= 0.3 is 0 Å². The van der Waals surface area contributed by atoms with Crippen molar-refractivity contribution in [1.29, 1.82) is 0 Å². The van der Waals surface area contributed by atoms with Gasteiger partial charge in [-0.3, -0.25) is 14.3 Å². The number of carbonyl (C=O) groups is 1. The summed E-state index contributed by atoms with van der Waals surface area (Å²) < 4.78 is 12.8. The van der Waals surface area contributed by atoms with Crippen molar-refractivity contribution in [3.63, 3.8) is 0 Å². The maximum Gasteiger partial charge on any atom is 0.237 e. The standard InChI is InChI=1S/C20H19N5O3S/c1-12(19(26)22-14-4-7-16-17(9-14)28-11-27-16)29-20-24-23-18(25(20)15-5-6-15)13-3-2-8-21-10-13/h2-4,7-10,12,15H,5-6,11H2,1H3,(H,22,26)/t12-/m0/s1. The summed E-state index contributed by atoms with van der Waals surface area (Å²) in [4.78, 5) is 16.9. The quantitative estimate of drug-likeness (QED) is 0.623. The third-order valence-electron chi connectivity index (χ3n) is 4.79. The number of benzene rings is 1. The SMILES string of the molecule is C[C@H](Sc1nnc(-c2cccnc2)n1C1CC1)C(=O)Nc1ccc2c(c1)OCO2. The normalized spacial score (nSPS) is 15.9. The number of amides is 1. The van der Waals surface area contributed by atoms with Gasteiger partial charge in [-0.05, 0) is 44.0 Å². The minimum atomic E-state index is -0.344. The van der Waals surface area contributed by atoms with E-state index in [4.69, 9.17) is 9.47 Å². The maximum atomic E-state index is 12.7. The highest BCUT2D eigenvalue weighted by Gasteiger charge is 2.31. The van der Waals surface area contributed by atoms with Crippen LogP contribution in [0.5, 0.6) is 11.5 Å². The average Bonchev–Trinajstić information content (AvgIpc) is 3.32. The molecule has 9 heteroatoms. The first-order valence-electron chi connectivity index (χ1n) is 9.41. The first-order valence-corrected chi connectivity index (χ1v) is 10.3. The Labute approximate surface area is 171 Å². The summed E-state index contributed by atoms with van der Waals surface area (Å²) in [5.74, 6) is 2.01. The van der Waals surface area contributed by atoms with E-state index in [0.717, 1.165) is 29.4 Å². The van der Waals surface area contributed by atoms with Gasteiger partial charge in [0.15, 0.2) is 22.5 Å². The van der Waals surface area contributed by atoms with Crippen molar-refractivity contribution in [3.05, 3.63) is 42.7 Å². The molecule has 1 N–H and O–H groups in total. The maximum absolute atomic E-state index is 12.7. The molecule has 1 amide bonds. The van der Waals surface area contributed by atoms with Crippen LogP contribution in [0.3, 0.4) is 0 Å². The number of hydrogen-bond acceptors (Lipinski definition) is 7. The van der Waals surface area contributed by atoms with Crippen molar-refractivity contribution in [3.8, 4) is 22.9 Å². The molecule has 148 valence electrons. The number of nitrogens with one attached hydrogen (secondary N) is 1. The third-order valence-corrected chi connectivity index (χ3v) is 5.84. The Morgan fingerprint density at radius 3 is 2.90 bits per heavy atom. The van der Waals surface area contributed by atoms with Crippen molar-refractivity contribution < 1.29 is 14.3 Å². The molecule has 1 saturated carbocycles. The predicted octanol–water partition coefficient (Wildman–Crippen LogP) is 3.52. The highest BCUT2D eigenvalue weighted by Crippen LogP contribution is 2.41. The summed E-state index contributed by atoms with van der Waals surface area (Å²) in [5, 5.41) is 12.1. The monoisotopic (exact) mass is 409 g/mol. The molecular formula is C20H19N5O3S. The topological polar surface area (TPSA) is 91.2 Å². The van der Waals surface area contributed by atoms with Crippen molar-refractivity contribution in [2.24, 2.45) is 0 Å². The number of rotatable bonds is 6. The Hall–Kier alpha value is -3.07. The Bertz CT molecular complexity index is 1050. The lowest BCUT2D eigenvalue weighted by atomic mass is 10.2. The molecule has 0 saturated heterocycles. The Morgan fingerprint density at radius 2 is 2.10 bits per heavy atom. The molecule has 29 heavy (non-hydrogen) atoms. The van der Waals surface area contributed by atoms with Crippen LogP contribution >= 0.6 is 11.8 Å². The molecule has 3 heterocycles. The summed E-state index contributed by atoms with van der Waals surface area (Å²) in [7, 11) is 0. The van der Waals surface area contributed by atoms with E-state index in [0.29, 0.717) is 23.2 Å². The third kappa shape index (κ3) is 3.65. The van der Waals surface area contributed by atoms with Gasteiger partial charge in [0.25, 0.3) is 0 Å². The fourth-order valence-corrected chi connectivity index (χ4v) is 4.06. The van der Waals surface area contributed by atoms with Crippen LogP contribution in [0.1, 0.15) is 25.8 Å². The molecule has 8 nitrogen and oxygen atoms in total. The molecule has 0 spiro atoms. The fraction of sp³-hybridized carbons (Fsp3) is 0.300. The summed E-state index contributed by atoms with van der Waals surface area (Å²) in [5.41, 5.74) is 1.60. The molecule has 3 aromatic rings. The minimum Gasteiger partial charge on any atom is -0.454 e. The lowest BCUT2D eigenvalue weighted by Crippen LogP contribution is -2.22. The zero-order valence-electron chi connectivity index (χ0n) is 15.7. The van der Waals surface area contributed by atoms with Crippen molar-refractivity contribution >= 4 is 23.4 Å². The predicted molar refractivity (Wildman–Crippen MR) is 108 cm³/mol. The second-order valence-corrected chi connectivity index (χ2v) is 8.27. The van der Waals surface area contributed by atoms with E-state index in [1.165, 1.54) is 11.8 Å². The average molecular weight is 409 g/mol. The molecular weight excluding hydrogens is 390 g/mol. The molecule has 0 radical (unpaired) electrons. The van der Waals surface area contributed by atoms with Gasteiger partial charge in [-0.1, -0.05) is 11.8 Å². The lowest BCUT2D eigenvalue weighted by Gasteiger charge is -2.13. The Balaban J connectivity index is 1.32. The number of ether oxygens (including phenoxy) is 2. The number of aromatic nitrogens is 4. The lowest BCUT2D eigenvalue weighted by molar-refractivity contribution is -0.115. The second-order valence-electron chi connectivity index (χ2n) is 6.97. The molecule has 2 aliphatic rings. The van der Waals surface area contributed by atoms with Gasteiger partial charge in [0.1, 0.15) is 0 Å². The molecule has 0 unspecified atom stereocenters.